The smallest absolute Gasteiger partial charge is 0.263 e. The van der Waals surface area contributed by atoms with Gasteiger partial charge in [0, 0.05) is 17.3 Å². The van der Waals surface area contributed by atoms with Crippen molar-refractivity contribution < 1.29 is 13.2 Å². The van der Waals surface area contributed by atoms with Crippen molar-refractivity contribution in [2.24, 2.45) is 10.9 Å². The van der Waals surface area contributed by atoms with Gasteiger partial charge in [0.15, 0.2) is 0 Å². The fourth-order valence-corrected chi connectivity index (χ4v) is 5.98. The molecule has 3 heterocycles. The number of anilines is 1. The summed E-state index contributed by atoms with van der Waals surface area (Å²) in [5.74, 6) is 0.963. The van der Waals surface area contributed by atoms with Gasteiger partial charge < -0.3 is 4.90 Å². The van der Waals surface area contributed by atoms with Crippen molar-refractivity contribution in [2.45, 2.75) is 55.6 Å². The first-order valence-electron chi connectivity index (χ1n) is 10.7. The molecule has 0 unspecified atom stereocenters. The SMILES string of the molecule is CC1(NS(=O)(=O)c2ccc3c(c2)C(=O)N(Cc2cn[nH]c2)C2=NC[C@@H](C4CC4)N23)CC1. The molecule has 2 aliphatic carbocycles. The number of guanidine groups is 1. The van der Waals surface area contributed by atoms with E-state index in [1.807, 2.05) is 6.92 Å². The summed E-state index contributed by atoms with van der Waals surface area (Å²) in [6.45, 7) is 2.87. The van der Waals surface area contributed by atoms with Crippen LogP contribution >= 0.6 is 0 Å². The topological polar surface area (TPSA) is 111 Å². The average Bonchev–Trinajstić information content (AvgIpc) is 3.60. The second-order valence-electron chi connectivity index (χ2n) is 9.26. The van der Waals surface area contributed by atoms with Crippen LogP contribution < -0.4 is 9.62 Å². The van der Waals surface area contributed by atoms with E-state index < -0.39 is 10.0 Å². The molecule has 4 aliphatic rings. The highest BCUT2D eigenvalue weighted by atomic mass is 32.2. The third kappa shape index (κ3) is 3.16. The van der Waals surface area contributed by atoms with Crippen molar-refractivity contribution in [2.75, 3.05) is 11.4 Å². The monoisotopic (exact) mass is 440 g/mol. The summed E-state index contributed by atoms with van der Waals surface area (Å²) >= 11 is 0. The molecule has 6 rings (SSSR count). The van der Waals surface area contributed by atoms with Crippen molar-refractivity contribution in [3.05, 3.63) is 41.7 Å². The zero-order valence-corrected chi connectivity index (χ0v) is 18.0. The zero-order valence-electron chi connectivity index (χ0n) is 17.2. The molecule has 2 N–H and O–H groups in total. The van der Waals surface area contributed by atoms with Crippen LogP contribution in [0.4, 0.5) is 5.69 Å². The van der Waals surface area contributed by atoms with Crippen LogP contribution in [0.2, 0.25) is 0 Å². The molecule has 10 heteroatoms. The molecule has 0 bridgehead atoms. The maximum absolute atomic E-state index is 13.5. The van der Waals surface area contributed by atoms with Gasteiger partial charge in [-0.15, -0.1) is 0 Å². The molecule has 2 aromatic rings. The van der Waals surface area contributed by atoms with Crippen LogP contribution in [0, 0.1) is 5.92 Å². The minimum absolute atomic E-state index is 0.124. The molecule has 2 saturated carbocycles. The van der Waals surface area contributed by atoms with E-state index in [9.17, 15) is 13.2 Å². The summed E-state index contributed by atoms with van der Waals surface area (Å²) in [6, 6.07) is 5.10. The van der Waals surface area contributed by atoms with Crippen LogP contribution in [-0.4, -0.2) is 53.5 Å². The van der Waals surface area contributed by atoms with Crippen LogP contribution in [0.1, 0.15) is 48.5 Å². The van der Waals surface area contributed by atoms with E-state index in [1.165, 1.54) is 6.07 Å². The third-order valence-corrected chi connectivity index (χ3v) is 8.30. The van der Waals surface area contributed by atoms with Gasteiger partial charge >= 0.3 is 0 Å². The Morgan fingerprint density at radius 1 is 1.29 bits per heavy atom. The van der Waals surface area contributed by atoms with Crippen LogP contribution in [0.15, 0.2) is 40.5 Å². The highest BCUT2D eigenvalue weighted by molar-refractivity contribution is 7.89. The highest BCUT2D eigenvalue weighted by Crippen LogP contribution is 2.43. The summed E-state index contributed by atoms with van der Waals surface area (Å²) in [4.78, 5) is 22.2. The molecule has 1 aromatic heterocycles. The Hall–Kier alpha value is -2.72. The van der Waals surface area contributed by atoms with Crippen molar-refractivity contribution in [3.8, 4) is 0 Å². The maximum atomic E-state index is 13.5. The lowest BCUT2D eigenvalue weighted by atomic mass is 10.0. The molecule has 1 aromatic carbocycles. The summed E-state index contributed by atoms with van der Waals surface area (Å²) in [5, 5.41) is 6.76. The second kappa shape index (κ2) is 6.39. The zero-order chi connectivity index (χ0) is 21.4. The molecule has 0 radical (unpaired) electrons. The molecule has 2 aliphatic heterocycles. The summed E-state index contributed by atoms with van der Waals surface area (Å²) in [7, 11) is -3.70. The average molecular weight is 441 g/mol. The van der Waals surface area contributed by atoms with Crippen molar-refractivity contribution >= 4 is 27.6 Å². The Morgan fingerprint density at radius 3 is 2.77 bits per heavy atom. The lowest BCUT2D eigenvalue weighted by molar-refractivity contribution is 0.0832. The predicted octanol–water partition coefficient (Wildman–Crippen LogP) is 1.85. The first-order chi connectivity index (χ1) is 14.8. The van der Waals surface area contributed by atoms with E-state index in [1.54, 1.807) is 29.4 Å². The largest absolute Gasteiger partial charge is 0.306 e. The Kier molecular flexibility index (Phi) is 3.92. The Morgan fingerprint density at radius 2 is 2.10 bits per heavy atom. The molecule has 1 amide bonds. The molecular formula is C21H24N6O3S. The lowest BCUT2D eigenvalue weighted by Crippen LogP contribution is -2.53. The van der Waals surface area contributed by atoms with Crippen molar-refractivity contribution in [3.63, 3.8) is 0 Å². The molecular weight excluding hydrogens is 416 g/mol. The van der Waals surface area contributed by atoms with Gasteiger partial charge in [0.25, 0.3) is 5.91 Å². The van der Waals surface area contributed by atoms with Gasteiger partial charge in [-0.3, -0.25) is 19.8 Å². The number of nitrogens with zero attached hydrogens (tertiary/aromatic N) is 4. The van der Waals surface area contributed by atoms with E-state index >= 15 is 0 Å². The fraction of sp³-hybridized carbons (Fsp3) is 0.476. The summed E-state index contributed by atoms with van der Waals surface area (Å²) < 4.78 is 28.7. The second-order valence-corrected chi connectivity index (χ2v) is 10.9. The molecule has 162 valence electrons. The van der Waals surface area contributed by atoms with Gasteiger partial charge in [0.05, 0.1) is 41.5 Å². The lowest BCUT2D eigenvalue weighted by Gasteiger charge is -2.39. The van der Waals surface area contributed by atoms with Crippen LogP contribution in [0.3, 0.4) is 0 Å². The van der Waals surface area contributed by atoms with E-state index in [0.29, 0.717) is 30.5 Å². The molecule has 9 nitrogen and oxygen atoms in total. The van der Waals surface area contributed by atoms with Gasteiger partial charge in [-0.2, -0.15) is 5.10 Å². The number of aliphatic imine (C=N–C) groups is 1. The van der Waals surface area contributed by atoms with E-state index in [-0.39, 0.29) is 22.4 Å². The van der Waals surface area contributed by atoms with E-state index in [4.69, 9.17) is 4.99 Å². The number of hydrogen-bond donors (Lipinski definition) is 2. The normalized spacial score (nSPS) is 24.1. The number of benzene rings is 1. The number of amides is 1. The number of aromatic nitrogens is 2. The molecule has 0 spiro atoms. The van der Waals surface area contributed by atoms with Gasteiger partial charge in [-0.1, -0.05) is 0 Å². The molecule has 0 saturated heterocycles. The Bertz CT molecular complexity index is 1200. The third-order valence-electron chi connectivity index (χ3n) is 6.66. The first-order valence-corrected chi connectivity index (χ1v) is 12.1. The summed E-state index contributed by atoms with van der Waals surface area (Å²) in [6.07, 6.45) is 7.40. The maximum Gasteiger partial charge on any atom is 0.263 e. The van der Waals surface area contributed by atoms with Gasteiger partial charge in [-0.25, -0.2) is 13.1 Å². The van der Waals surface area contributed by atoms with Crippen LogP contribution in [-0.2, 0) is 16.6 Å². The number of fused-ring (bicyclic) bond motifs is 3. The van der Waals surface area contributed by atoms with E-state index in [0.717, 1.165) is 36.9 Å². The number of H-pyrrole nitrogens is 1. The highest BCUT2D eigenvalue weighted by Gasteiger charge is 2.47. The molecule has 31 heavy (non-hydrogen) atoms. The minimum atomic E-state index is -3.70. The number of aromatic amines is 1. The van der Waals surface area contributed by atoms with Gasteiger partial charge in [-0.05, 0) is 56.7 Å². The molecule has 1 atom stereocenters. The standard InChI is InChI=1S/C21H24N6O3S/c1-21(6-7-21)25-31(29,30)15-4-5-17-16(8-15)19(28)26(12-13-9-23-24-10-13)20-22-11-18(27(17)20)14-2-3-14/h4-5,8-10,14,18,25H,2-3,6-7,11-12H2,1H3,(H,23,24)/t18-/m0/s1. The number of nitrogens with one attached hydrogen (secondary N) is 2. The predicted molar refractivity (Wildman–Crippen MR) is 114 cm³/mol. The Balaban J connectivity index is 1.42. The van der Waals surface area contributed by atoms with E-state index in [2.05, 4.69) is 19.8 Å². The quantitative estimate of drug-likeness (QED) is 0.712. The number of carbonyl (C=O) groups is 1. The number of sulfonamides is 1. The van der Waals surface area contributed by atoms with Crippen LogP contribution in [0.25, 0.3) is 0 Å². The van der Waals surface area contributed by atoms with Gasteiger partial charge in [0.2, 0.25) is 16.0 Å². The minimum Gasteiger partial charge on any atom is -0.306 e. The van der Waals surface area contributed by atoms with Crippen molar-refractivity contribution in [1.29, 1.82) is 0 Å². The number of carbonyl (C=O) groups excluding carboxylic acids is 1. The van der Waals surface area contributed by atoms with Crippen LogP contribution in [0.5, 0.6) is 0 Å². The fourth-order valence-electron chi connectivity index (χ4n) is 4.49. The number of rotatable bonds is 6. The Labute approximate surface area is 180 Å². The van der Waals surface area contributed by atoms with Gasteiger partial charge in [0.1, 0.15) is 0 Å². The van der Waals surface area contributed by atoms with Crippen molar-refractivity contribution in [1.82, 2.24) is 19.8 Å². The molecule has 2 fully saturated rings. The summed E-state index contributed by atoms with van der Waals surface area (Å²) in [5.41, 5.74) is 1.64. The first kappa shape index (κ1) is 19.0. The number of hydrogen-bond acceptors (Lipinski definition) is 6.